The molecule has 3 aromatic rings. The maximum atomic E-state index is 12.9. The third kappa shape index (κ3) is 3.07. The van der Waals surface area contributed by atoms with Gasteiger partial charge in [0.25, 0.3) is 5.91 Å². The summed E-state index contributed by atoms with van der Waals surface area (Å²) in [6.07, 6.45) is 3.29. The van der Waals surface area contributed by atoms with E-state index in [-0.39, 0.29) is 17.9 Å². The smallest absolute Gasteiger partial charge is 0.274 e. The van der Waals surface area contributed by atoms with Crippen molar-refractivity contribution in [2.45, 2.75) is 39.7 Å². The Morgan fingerprint density at radius 3 is 2.78 bits per heavy atom. The van der Waals surface area contributed by atoms with Crippen LogP contribution in [0.2, 0.25) is 0 Å². The summed E-state index contributed by atoms with van der Waals surface area (Å²) in [7, 11) is 0. The van der Waals surface area contributed by atoms with Crippen LogP contribution >= 0.6 is 0 Å². The lowest BCUT2D eigenvalue weighted by Crippen LogP contribution is -2.30. The van der Waals surface area contributed by atoms with Gasteiger partial charge >= 0.3 is 0 Å². The van der Waals surface area contributed by atoms with E-state index in [0.717, 1.165) is 23.3 Å². The van der Waals surface area contributed by atoms with E-state index in [2.05, 4.69) is 10.3 Å². The average molecular weight is 362 g/mol. The highest BCUT2D eigenvalue weighted by molar-refractivity contribution is 6.05. The quantitative estimate of drug-likeness (QED) is 0.772. The summed E-state index contributed by atoms with van der Waals surface area (Å²) in [5, 5.41) is 2.95. The number of nitrogens with zero attached hydrogens (tertiary/aromatic N) is 3. The van der Waals surface area contributed by atoms with Crippen LogP contribution in [0.15, 0.2) is 42.6 Å². The number of pyridine rings is 1. The highest BCUT2D eigenvalue weighted by Gasteiger charge is 2.29. The number of amides is 2. The largest absolute Gasteiger partial charge is 0.321 e. The predicted octanol–water partition coefficient (Wildman–Crippen LogP) is 3.72. The fraction of sp³-hybridized carbons (Fsp3) is 0.286. The molecule has 1 aliphatic heterocycles. The Balaban J connectivity index is 1.63. The molecule has 27 heavy (non-hydrogen) atoms. The molecular formula is C21H22N4O2. The van der Waals surface area contributed by atoms with E-state index in [1.165, 1.54) is 0 Å². The van der Waals surface area contributed by atoms with Crippen molar-refractivity contribution >= 4 is 28.8 Å². The normalized spacial score (nSPS) is 16.9. The first kappa shape index (κ1) is 17.3. The highest BCUT2D eigenvalue weighted by Crippen LogP contribution is 2.28. The first-order valence-electron chi connectivity index (χ1n) is 9.13. The molecule has 1 aliphatic rings. The number of carbonyl (C=O) groups is 2. The molecule has 2 aromatic heterocycles. The minimum Gasteiger partial charge on any atom is -0.321 e. The predicted molar refractivity (Wildman–Crippen MR) is 105 cm³/mol. The molecule has 0 bridgehead atoms. The van der Waals surface area contributed by atoms with Gasteiger partial charge in [-0.1, -0.05) is 6.07 Å². The molecule has 1 unspecified atom stereocenters. The second kappa shape index (κ2) is 6.54. The minimum atomic E-state index is -0.221. The zero-order valence-electron chi connectivity index (χ0n) is 15.7. The van der Waals surface area contributed by atoms with Crippen molar-refractivity contribution in [2.75, 3.05) is 10.2 Å². The minimum absolute atomic E-state index is 0.124. The Hall–Kier alpha value is -3.15. The molecule has 0 saturated carbocycles. The summed E-state index contributed by atoms with van der Waals surface area (Å²) in [6.45, 7) is 5.87. The van der Waals surface area contributed by atoms with Gasteiger partial charge in [-0.3, -0.25) is 14.0 Å². The van der Waals surface area contributed by atoms with Crippen LogP contribution in [0.25, 0.3) is 5.65 Å². The van der Waals surface area contributed by atoms with Crippen LogP contribution < -0.4 is 10.2 Å². The van der Waals surface area contributed by atoms with Gasteiger partial charge < -0.3 is 10.2 Å². The molecule has 2 amide bonds. The number of benzene rings is 1. The van der Waals surface area contributed by atoms with Crippen LogP contribution in [0, 0.1) is 13.8 Å². The van der Waals surface area contributed by atoms with Crippen LogP contribution in [0.4, 0.5) is 11.4 Å². The van der Waals surface area contributed by atoms with E-state index in [4.69, 9.17) is 0 Å². The molecule has 0 aliphatic carbocycles. The number of fused-ring (bicyclic) bond motifs is 1. The zero-order valence-corrected chi connectivity index (χ0v) is 15.7. The number of anilines is 2. The molecule has 1 atom stereocenters. The van der Waals surface area contributed by atoms with Crippen molar-refractivity contribution in [3.8, 4) is 0 Å². The van der Waals surface area contributed by atoms with E-state index < -0.39 is 0 Å². The first-order chi connectivity index (χ1) is 12.9. The van der Waals surface area contributed by atoms with Crippen molar-refractivity contribution in [1.82, 2.24) is 9.38 Å². The van der Waals surface area contributed by atoms with Gasteiger partial charge in [0.15, 0.2) is 0 Å². The molecule has 1 N–H and O–H groups in total. The third-order valence-electron chi connectivity index (χ3n) is 5.04. The van der Waals surface area contributed by atoms with E-state index in [1.807, 2.05) is 63.4 Å². The van der Waals surface area contributed by atoms with Crippen molar-refractivity contribution in [1.29, 1.82) is 0 Å². The number of hydrogen-bond donors (Lipinski definition) is 1. The molecule has 3 heterocycles. The van der Waals surface area contributed by atoms with Gasteiger partial charge in [-0.15, -0.1) is 0 Å². The van der Waals surface area contributed by atoms with Gasteiger partial charge in [0.2, 0.25) is 5.91 Å². The molecular weight excluding hydrogens is 340 g/mol. The molecule has 0 spiro atoms. The number of imidazole rings is 1. The molecule has 1 fully saturated rings. The van der Waals surface area contributed by atoms with E-state index >= 15 is 0 Å². The topological polar surface area (TPSA) is 66.7 Å². The molecule has 6 nitrogen and oxygen atoms in total. The molecule has 0 radical (unpaired) electrons. The Labute approximate surface area is 157 Å². The van der Waals surface area contributed by atoms with Gasteiger partial charge in [0.1, 0.15) is 11.3 Å². The summed E-state index contributed by atoms with van der Waals surface area (Å²) in [5.41, 5.74) is 4.51. The van der Waals surface area contributed by atoms with Gasteiger partial charge in [-0.25, -0.2) is 4.98 Å². The lowest BCUT2D eigenvalue weighted by molar-refractivity contribution is -0.117. The SMILES string of the molecule is Cc1ccn2c(C(=O)Nc3cccc(N4C(=O)CCC4C)c3)c(C)nc2c1. The van der Waals surface area contributed by atoms with E-state index in [1.54, 1.807) is 9.30 Å². The number of aryl methyl sites for hydroxylation is 2. The number of aromatic nitrogens is 2. The Bertz CT molecular complexity index is 1050. The standard InChI is InChI=1S/C21H22N4O2/c1-13-9-10-24-18(11-13)22-15(3)20(24)21(27)23-16-5-4-6-17(12-16)25-14(2)7-8-19(25)26/h4-6,9-12,14H,7-8H2,1-3H3,(H,23,27). The van der Waals surface area contributed by atoms with Crippen LogP contribution in [0.3, 0.4) is 0 Å². The van der Waals surface area contributed by atoms with Gasteiger partial charge in [-0.05, 0) is 63.1 Å². The monoisotopic (exact) mass is 362 g/mol. The summed E-state index contributed by atoms with van der Waals surface area (Å²) in [6, 6.07) is 11.5. The Kier molecular flexibility index (Phi) is 4.18. The lowest BCUT2D eigenvalue weighted by Gasteiger charge is -2.22. The fourth-order valence-corrected chi connectivity index (χ4v) is 3.69. The van der Waals surface area contributed by atoms with Gasteiger partial charge in [-0.2, -0.15) is 0 Å². The van der Waals surface area contributed by atoms with Crippen LogP contribution in [0.5, 0.6) is 0 Å². The molecule has 138 valence electrons. The van der Waals surface area contributed by atoms with Crippen molar-refractivity contribution < 1.29 is 9.59 Å². The maximum absolute atomic E-state index is 12.9. The summed E-state index contributed by atoms with van der Waals surface area (Å²) in [4.78, 5) is 31.3. The number of rotatable bonds is 3. The number of nitrogens with one attached hydrogen (secondary N) is 1. The molecule has 1 saturated heterocycles. The lowest BCUT2D eigenvalue weighted by atomic mass is 10.2. The molecule has 1 aromatic carbocycles. The van der Waals surface area contributed by atoms with Crippen molar-refractivity contribution in [2.24, 2.45) is 0 Å². The van der Waals surface area contributed by atoms with Crippen molar-refractivity contribution in [3.05, 3.63) is 59.5 Å². The van der Waals surface area contributed by atoms with E-state index in [9.17, 15) is 9.59 Å². The summed E-state index contributed by atoms with van der Waals surface area (Å²) in [5.74, 6) is -0.0965. The fourth-order valence-electron chi connectivity index (χ4n) is 3.69. The molecule has 6 heteroatoms. The number of carbonyl (C=O) groups excluding carboxylic acids is 2. The summed E-state index contributed by atoms with van der Waals surface area (Å²) >= 11 is 0. The highest BCUT2D eigenvalue weighted by atomic mass is 16.2. The van der Waals surface area contributed by atoms with Crippen LogP contribution in [-0.4, -0.2) is 27.2 Å². The zero-order chi connectivity index (χ0) is 19.1. The van der Waals surface area contributed by atoms with Gasteiger partial charge in [0.05, 0.1) is 5.69 Å². The van der Waals surface area contributed by atoms with Crippen molar-refractivity contribution in [3.63, 3.8) is 0 Å². The average Bonchev–Trinajstić information content (AvgIpc) is 3.12. The number of hydrogen-bond acceptors (Lipinski definition) is 3. The Morgan fingerprint density at radius 1 is 1.22 bits per heavy atom. The molecule has 4 rings (SSSR count). The maximum Gasteiger partial charge on any atom is 0.274 e. The second-order valence-electron chi connectivity index (χ2n) is 7.13. The van der Waals surface area contributed by atoms with Crippen LogP contribution in [0.1, 0.15) is 41.5 Å². The second-order valence-corrected chi connectivity index (χ2v) is 7.13. The summed E-state index contributed by atoms with van der Waals surface area (Å²) < 4.78 is 1.80. The Morgan fingerprint density at radius 2 is 2.04 bits per heavy atom. The van der Waals surface area contributed by atoms with Crippen LogP contribution in [-0.2, 0) is 4.79 Å². The third-order valence-corrected chi connectivity index (χ3v) is 5.04. The first-order valence-corrected chi connectivity index (χ1v) is 9.13. The van der Waals surface area contributed by atoms with E-state index in [0.29, 0.717) is 23.5 Å². The van der Waals surface area contributed by atoms with Gasteiger partial charge in [0, 0.05) is 30.0 Å².